The Morgan fingerprint density at radius 1 is 1.13 bits per heavy atom. The number of benzene rings is 1. The number of anilines is 2. The van der Waals surface area contributed by atoms with E-state index in [0.29, 0.717) is 6.07 Å². The molecule has 0 radical (unpaired) electrons. The molecule has 166 valence electrons. The van der Waals surface area contributed by atoms with E-state index in [1.165, 1.54) is 4.90 Å². The molecular formula is C17H18F6N4O2S. The first-order valence-electron chi connectivity index (χ1n) is 8.64. The second kappa shape index (κ2) is 6.33. The molecule has 1 saturated heterocycles. The maximum Gasteiger partial charge on any atom is 0.310 e. The summed E-state index contributed by atoms with van der Waals surface area (Å²) in [6.07, 6.45) is 1.47. The van der Waals surface area contributed by atoms with Crippen molar-refractivity contribution in [1.29, 1.82) is 0 Å². The second-order valence-electron chi connectivity index (χ2n) is 7.03. The van der Waals surface area contributed by atoms with Crippen LogP contribution in [0.3, 0.4) is 0 Å². The molecule has 0 atom stereocenters. The number of likely N-dealkylation sites (tertiary alicyclic amines) is 1. The Labute approximate surface area is 167 Å². The van der Waals surface area contributed by atoms with Crippen LogP contribution < -0.4 is 11.5 Å². The molecule has 0 bridgehead atoms. The van der Waals surface area contributed by atoms with Crippen molar-refractivity contribution in [2.75, 3.05) is 24.6 Å². The molecule has 2 heterocycles. The first kappa shape index (κ1) is 21.9. The summed E-state index contributed by atoms with van der Waals surface area (Å²) < 4.78 is 78.4. The van der Waals surface area contributed by atoms with Crippen molar-refractivity contribution >= 4 is 27.6 Å². The molecule has 1 fully saturated rings. The Bertz CT molecular complexity index is 1020. The average molecular weight is 456 g/mol. The van der Waals surface area contributed by atoms with Crippen LogP contribution in [-0.2, 0) is 0 Å². The summed E-state index contributed by atoms with van der Waals surface area (Å²) >= 11 is 0. The van der Waals surface area contributed by atoms with Crippen LogP contribution in [0.4, 0.5) is 35.3 Å². The molecule has 5 N–H and O–H groups in total. The lowest BCUT2D eigenvalue weighted by atomic mass is 9.88. The van der Waals surface area contributed by atoms with Crippen molar-refractivity contribution < 1.29 is 33.7 Å². The number of nitrogens with two attached hydrogens (primary N) is 2. The van der Waals surface area contributed by atoms with E-state index in [0.717, 1.165) is 6.20 Å². The van der Waals surface area contributed by atoms with Gasteiger partial charge in [-0.2, -0.15) is 0 Å². The molecule has 1 aliphatic heterocycles. The smallest absolute Gasteiger partial charge is 0.310 e. The zero-order valence-corrected chi connectivity index (χ0v) is 16.1. The van der Waals surface area contributed by atoms with Crippen LogP contribution >= 0.6 is 10.2 Å². The van der Waals surface area contributed by atoms with Gasteiger partial charge in [0.15, 0.2) is 0 Å². The number of piperidine rings is 1. The van der Waals surface area contributed by atoms with E-state index < -0.39 is 38.2 Å². The number of aromatic hydroxyl groups is 1. The number of aromatic nitrogens is 1. The predicted octanol–water partition coefficient (Wildman–Crippen LogP) is 4.77. The maximum absolute atomic E-state index is 14.1. The standard InChI is InChI=1S/C17H18F6N4O2S/c18-12-8-26-16(25)15(24)14(12)9-3-5-27(6-4-9)17(29)11-2-1-10(7-13(11)28)30(19,20,21,22)23/h1-2,7-9,28H,3-6,24H2,(H2,25,26). The Kier molecular flexibility index (Phi) is 4.62. The van der Waals surface area contributed by atoms with Crippen LogP contribution in [0.5, 0.6) is 5.75 Å². The summed E-state index contributed by atoms with van der Waals surface area (Å²) in [6.45, 7) is 0.153. The number of halogens is 6. The van der Waals surface area contributed by atoms with E-state index in [9.17, 15) is 33.7 Å². The lowest BCUT2D eigenvalue weighted by Gasteiger charge is -2.40. The molecular weight excluding hydrogens is 438 g/mol. The van der Waals surface area contributed by atoms with Crippen LogP contribution in [0.2, 0.25) is 0 Å². The second-order valence-corrected chi connectivity index (χ2v) is 9.44. The fourth-order valence-corrected chi connectivity index (χ4v) is 4.08. The highest BCUT2D eigenvalue weighted by Gasteiger charge is 2.65. The number of hydrogen-bond acceptors (Lipinski definition) is 5. The largest absolute Gasteiger partial charge is 0.507 e. The van der Waals surface area contributed by atoms with E-state index in [2.05, 4.69) is 4.98 Å². The lowest BCUT2D eigenvalue weighted by Crippen LogP contribution is -2.38. The van der Waals surface area contributed by atoms with Crippen LogP contribution in [0, 0.1) is 5.82 Å². The van der Waals surface area contributed by atoms with E-state index in [4.69, 9.17) is 11.5 Å². The topological polar surface area (TPSA) is 105 Å². The van der Waals surface area contributed by atoms with Gasteiger partial charge in [-0.05, 0) is 30.9 Å². The molecule has 0 spiro atoms. The fourth-order valence-electron chi connectivity index (χ4n) is 3.42. The Morgan fingerprint density at radius 2 is 1.73 bits per heavy atom. The number of carbonyl (C=O) groups excluding carboxylic acids is 1. The van der Waals surface area contributed by atoms with Gasteiger partial charge in [0.25, 0.3) is 5.91 Å². The third-order valence-corrected chi connectivity index (χ3v) is 6.12. The normalized spacial score (nSPS) is 18.0. The van der Waals surface area contributed by atoms with Gasteiger partial charge in [0.05, 0.1) is 17.4 Å². The van der Waals surface area contributed by atoms with Crippen molar-refractivity contribution in [3.8, 4) is 5.75 Å². The maximum atomic E-state index is 14.1. The van der Waals surface area contributed by atoms with Crippen LogP contribution in [0.15, 0.2) is 29.3 Å². The zero-order chi connectivity index (χ0) is 22.5. The van der Waals surface area contributed by atoms with Crippen molar-refractivity contribution in [1.82, 2.24) is 9.88 Å². The van der Waals surface area contributed by atoms with Crippen LogP contribution in [0.1, 0.15) is 34.7 Å². The van der Waals surface area contributed by atoms with E-state index in [1.54, 1.807) is 0 Å². The minimum atomic E-state index is -9.98. The number of phenols is 1. The summed E-state index contributed by atoms with van der Waals surface area (Å²) in [7, 11) is -9.98. The molecule has 1 aromatic carbocycles. The van der Waals surface area contributed by atoms with E-state index >= 15 is 0 Å². The fraction of sp³-hybridized carbons (Fsp3) is 0.294. The first-order chi connectivity index (χ1) is 13.6. The number of amides is 1. The molecule has 1 aromatic heterocycles. The molecule has 0 saturated carbocycles. The van der Waals surface area contributed by atoms with Crippen molar-refractivity contribution in [3.63, 3.8) is 0 Å². The summed E-state index contributed by atoms with van der Waals surface area (Å²) in [6, 6.07) is 0.423. The van der Waals surface area contributed by atoms with Gasteiger partial charge in [-0.1, -0.05) is 19.4 Å². The molecule has 3 rings (SSSR count). The third-order valence-electron chi connectivity index (χ3n) is 4.98. The number of nitrogen functional groups attached to an aromatic ring is 2. The minimum absolute atomic E-state index is 0.00371. The number of carbonyl (C=O) groups is 1. The summed E-state index contributed by atoms with van der Waals surface area (Å²) in [5.74, 6) is -3.08. The third kappa shape index (κ3) is 4.20. The number of phenolic OH excluding ortho intramolecular Hbond substituents is 1. The van der Waals surface area contributed by atoms with Crippen molar-refractivity contribution in [2.45, 2.75) is 23.7 Å². The molecule has 0 unspecified atom stereocenters. The summed E-state index contributed by atoms with van der Waals surface area (Å²) in [5.41, 5.74) is 11.0. The van der Waals surface area contributed by atoms with Gasteiger partial charge in [0, 0.05) is 24.7 Å². The molecule has 2 aromatic rings. The lowest BCUT2D eigenvalue weighted by molar-refractivity contribution is 0.0709. The zero-order valence-electron chi connectivity index (χ0n) is 15.3. The van der Waals surface area contributed by atoms with Crippen LogP contribution in [-0.4, -0.2) is 34.0 Å². The Morgan fingerprint density at radius 3 is 2.27 bits per heavy atom. The number of hydrogen-bond donors (Lipinski definition) is 3. The highest BCUT2D eigenvalue weighted by molar-refractivity contribution is 8.45. The first-order valence-corrected chi connectivity index (χ1v) is 10.6. The van der Waals surface area contributed by atoms with Crippen molar-refractivity contribution in [2.24, 2.45) is 0 Å². The highest BCUT2D eigenvalue weighted by atomic mass is 32.5. The molecule has 13 heteroatoms. The van der Waals surface area contributed by atoms with Gasteiger partial charge in [-0.25, -0.2) is 9.37 Å². The van der Waals surface area contributed by atoms with Gasteiger partial charge in [-0.3, -0.25) is 4.79 Å². The SMILES string of the molecule is Nc1ncc(F)c(C2CCN(C(=O)c3ccc(S(F)(F)(F)(F)F)cc3O)CC2)c1N. The highest BCUT2D eigenvalue weighted by Crippen LogP contribution is 3.02. The van der Waals surface area contributed by atoms with E-state index in [1.807, 2.05) is 0 Å². The van der Waals surface area contributed by atoms with E-state index in [-0.39, 0.29) is 61.1 Å². The molecule has 1 aliphatic rings. The summed E-state index contributed by atoms with van der Waals surface area (Å²) in [5, 5.41) is 9.77. The van der Waals surface area contributed by atoms with Crippen molar-refractivity contribution in [3.05, 3.63) is 41.3 Å². The Hall–Kier alpha value is -2.83. The van der Waals surface area contributed by atoms with Gasteiger partial charge < -0.3 is 21.5 Å². The van der Waals surface area contributed by atoms with Gasteiger partial charge in [0.1, 0.15) is 22.3 Å². The average Bonchev–Trinajstić information content (AvgIpc) is 2.63. The molecule has 0 aliphatic carbocycles. The summed E-state index contributed by atoms with van der Waals surface area (Å²) in [4.78, 5) is 15.1. The van der Waals surface area contributed by atoms with Crippen LogP contribution in [0.25, 0.3) is 0 Å². The number of pyridine rings is 1. The Balaban J connectivity index is 1.78. The minimum Gasteiger partial charge on any atom is -0.507 e. The monoisotopic (exact) mass is 456 g/mol. The molecule has 30 heavy (non-hydrogen) atoms. The predicted molar refractivity (Wildman–Crippen MR) is 100 cm³/mol. The molecule has 6 nitrogen and oxygen atoms in total. The number of nitrogens with zero attached hydrogens (tertiary/aromatic N) is 2. The van der Waals surface area contributed by atoms with Gasteiger partial charge in [0.2, 0.25) is 0 Å². The number of rotatable bonds is 3. The van der Waals surface area contributed by atoms with Gasteiger partial charge >= 0.3 is 10.2 Å². The quantitative estimate of drug-likeness (QED) is 0.577. The van der Waals surface area contributed by atoms with Gasteiger partial charge in [-0.15, -0.1) is 0 Å². The molecule has 1 amide bonds.